The summed E-state index contributed by atoms with van der Waals surface area (Å²) in [7, 11) is 0. The average Bonchev–Trinajstić information content (AvgIpc) is 2.47. The molecule has 2 N–H and O–H groups in total. The highest BCUT2D eigenvalue weighted by Gasteiger charge is 2.12. The quantitative estimate of drug-likeness (QED) is 0.737. The molecule has 3 nitrogen and oxygen atoms in total. The van der Waals surface area contributed by atoms with Crippen LogP contribution in [0.25, 0.3) is 0 Å². The Bertz CT molecular complexity index is 405. The van der Waals surface area contributed by atoms with Crippen LogP contribution >= 0.6 is 15.9 Å². The lowest BCUT2D eigenvalue weighted by Gasteiger charge is -2.21. The Balaban J connectivity index is 1.53. The Kier molecular flexibility index (Phi) is 6.83. The van der Waals surface area contributed by atoms with E-state index in [1.165, 1.54) is 37.7 Å². The molecule has 2 rings (SSSR count). The minimum absolute atomic E-state index is 0.287. The Labute approximate surface area is 129 Å². The third-order valence-corrected chi connectivity index (χ3v) is 4.38. The molecule has 0 saturated heterocycles. The highest BCUT2D eigenvalue weighted by molar-refractivity contribution is 9.10. The number of hydrogen-bond acceptors (Lipinski definition) is 3. The number of rotatable bonds is 7. The van der Waals surface area contributed by atoms with Gasteiger partial charge in [0.1, 0.15) is 5.75 Å². The van der Waals surface area contributed by atoms with Crippen molar-refractivity contribution in [2.24, 2.45) is 0 Å². The lowest BCUT2D eigenvalue weighted by atomic mass is 9.98. The molecule has 4 heteroatoms. The Morgan fingerprint density at radius 2 is 2.05 bits per heavy atom. The molecule has 0 spiro atoms. The number of aromatic hydroxyl groups is 1. The van der Waals surface area contributed by atoms with Crippen molar-refractivity contribution < 1.29 is 9.84 Å². The van der Waals surface area contributed by atoms with Crippen LogP contribution in [0.1, 0.15) is 44.1 Å². The Morgan fingerprint density at radius 1 is 1.25 bits per heavy atom. The van der Waals surface area contributed by atoms with E-state index >= 15 is 0 Å². The predicted molar refractivity (Wildman–Crippen MR) is 85.0 cm³/mol. The summed E-state index contributed by atoms with van der Waals surface area (Å²) in [5, 5.41) is 12.8. The first-order chi connectivity index (χ1) is 9.75. The molecule has 1 aromatic rings. The molecule has 1 fully saturated rings. The fourth-order valence-corrected chi connectivity index (χ4v) is 3.00. The smallest absolute Gasteiger partial charge is 0.129 e. The molecule has 1 aliphatic rings. The van der Waals surface area contributed by atoms with Gasteiger partial charge in [0.05, 0.1) is 10.6 Å². The van der Waals surface area contributed by atoms with E-state index in [1.807, 2.05) is 12.1 Å². The first-order valence-corrected chi connectivity index (χ1v) is 8.35. The fraction of sp³-hybridized carbons (Fsp3) is 0.625. The molecular weight excluding hydrogens is 318 g/mol. The van der Waals surface area contributed by atoms with Crippen molar-refractivity contribution in [3.05, 3.63) is 28.2 Å². The maximum absolute atomic E-state index is 9.43. The SMILES string of the molecule is Oc1ccc(CNCCCOC2CCCCC2)cc1Br. The molecular formula is C16H24BrNO2. The number of benzene rings is 1. The van der Waals surface area contributed by atoms with Crippen molar-refractivity contribution in [2.75, 3.05) is 13.2 Å². The normalized spacial score (nSPS) is 16.4. The van der Waals surface area contributed by atoms with E-state index in [4.69, 9.17) is 4.74 Å². The van der Waals surface area contributed by atoms with E-state index < -0.39 is 0 Å². The van der Waals surface area contributed by atoms with Gasteiger partial charge in [-0.3, -0.25) is 0 Å². The molecule has 1 aromatic carbocycles. The Morgan fingerprint density at radius 3 is 2.80 bits per heavy atom. The van der Waals surface area contributed by atoms with Crippen LogP contribution in [-0.2, 0) is 11.3 Å². The zero-order chi connectivity index (χ0) is 14.2. The lowest BCUT2D eigenvalue weighted by Crippen LogP contribution is -2.20. The van der Waals surface area contributed by atoms with E-state index in [1.54, 1.807) is 6.07 Å². The molecule has 0 unspecified atom stereocenters. The number of halogens is 1. The zero-order valence-electron chi connectivity index (χ0n) is 11.9. The first kappa shape index (κ1) is 15.8. The molecule has 1 aliphatic carbocycles. The number of nitrogens with one attached hydrogen (secondary N) is 1. The number of phenolic OH excluding ortho intramolecular Hbond substituents is 1. The van der Waals surface area contributed by atoms with E-state index in [2.05, 4.69) is 21.2 Å². The minimum Gasteiger partial charge on any atom is -0.507 e. The summed E-state index contributed by atoms with van der Waals surface area (Å²) in [5.74, 6) is 0.287. The second-order valence-corrected chi connectivity index (χ2v) is 6.30. The van der Waals surface area contributed by atoms with Gasteiger partial charge in [-0.25, -0.2) is 0 Å². The number of phenols is 1. The van der Waals surface area contributed by atoms with Crippen LogP contribution in [0.2, 0.25) is 0 Å². The average molecular weight is 342 g/mol. The predicted octanol–water partition coefficient (Wildman–Crippen LogP) is 3.98. The van der Waals surface area contributed by atoms with Gasteiger partial charge in [0, 0.05) is 13.2 Å². The number of hydrogen-bond donors (Lipinski definition) is 2. The van der Waals surface area contributed by atoms with Gasteiger partial charge in [-0.2, -0.15) is 0 Å². The van der Waals surface area contributed by atoms with Crippen LogP contribution in [0.4, 0.5) is 0 Å². The van der Waals surface area contributed by atoms with Crippen molar-refractivity contribution in [2.45, 2.75) is 51.2 Å². The monoisotopic (exact) mass is 341 g/mol. The molecule has 0 atom stereocenters. The summed E-state index contributed by atoms with van der Waals surface area (Å²) in [4.78, 5) is 0. The summed E-state index contributed by atoms with van der Waals surface area (Å²) < 4.78 is 6.64. The van der Waals surface area contributed by atoms with Gasteiger partial charge < -0.3 is 15.2 Å². The molecule has 0 radical (unpaired) electrons. The largest absolute Gasteiger partial charge is 0.507 e. The Hall–Kier alpha value is -0.580. The molecule has 0 aromatic heterocycles. The van der Waals surface area contributed by atoms with Gasteiger partial charge in [-0.05, 0) is 59.4 Å². The van der Waals surface area contributed by atoms with Crippen molar-refractivity contribution in [3.63, 3.8) is 0 Å². The summed E-state index contributed by atoms with van der Waals surface area (Å²) in [6.45, 7) is 2.64. The van der Waals surface area contributed by atoms with Crippen LogP contribution in [0.5, 0.6) is 5.75 Å². The highest BCUT2D eigenvalue weighted by atomic mass is 79.9. The van der Waals surface area contributed by atoms with Crippen LogP contribution in [0, 0.1) is 0 Å². The molecule has 0 heterocycles. The second kappa shape index (κ2) is 8.65. The molecule has 0 amide bonds. The topological polar surface area (TPSA) is 41.5 Å². The van der Waals surface area contributed by atoms with Gasteiger partial charge in [0.2, 0.25) is 0 Å². The lowest BCUT2D eigenvalue weighted by molar-refractivity contribution is 0.0273. The standard InChI is InChI=1S/C16H24BrNO2/c17-15-11-13(7-8-16(15)19)12-18-9-4-10-20-14-5-2-1-3-6-14/h7-8,11,14,18-19H,1-6,9-10,12H2. The number of ether oxygens (including phenoxy) is 1. The van der Waals surface area contributed by atoms with Crippen molar-refractivity contribution in [1.82, 2.24) is 5.32 Å². The molecule has 20 heavy (non-hydrogen) atoms. The summed E-state index contributed by atoms with van der Waals surface area (Å²) in [5.41, 5.74) is 1.17. The van der Waals surface area contributed by atoms with E-state index in [-0.39, 0.29) is 5.75 Å². The highest BCUT2D eigenvalue weighted by Crippen LogP contribution is 2.24. The first-order valence-electron chi connectivity index (χ1n) is 7.55. The van der Waals surface area contributed by atoms with Gasteiger partial charge in [-0.15, -0.1) is 0 Å². The summed E-state index contributed by atoms with van der Waals surface area (Å²) in [6, 6.07) is 5.60. The van der Waals surface area contributed by atoms with Gasteiger partial charge in [0.15, 0.2) is 0 Å². The molecule has 1 saturated carbocycles. The van der Waals surface area contributed by atoms with Gasteiger partial charge in [-0.1, -0.05) is 25.3 Å². The molecule has 112 valence electrons. The molecule has 0 bridgehead atoms. The zero-order valence-corrected chi connectivity index (χ0v) is 13.5. The van der Waals surface area contributed by atoms with Crippen LogP contribution < -0.4 is 5.32 Å². The van der Waals surface area contributed by atoms with Crippen LogP contribution in [-0.4, -0.2) is 24.4 Å². The third kappa shape index (κ3) is 5.43. The third-order valence-electron chi connectivity index (χ3n) is 3.74. The van der Waals surface area contributed by atoms with E-state index in [9.17, 15) is 5.11 Å². The van der Waals surface area contributed by atoms with E-state index in [0.717, 1.165) is 30.6 Å². The van der Waals surface area contributed by atoms with E-state index in [0.29, 0.717) is 6.10 Å². The van der Waals surface area contributed by atoms with Crippen LogP contribution in [0.3, 0.4) is 0 Å². The van der Waals surface area contributed by atoms with Crippen molar-refractivity contribution in [3.8, 4) is 5.75 Å². The summed E-state index contributed by atoms with van der Waals surface area (Å²) >= 11 is 3.33. The summed E-state index contributed by atoms with van der Waals surface area (Å²) in [6.07, 6.45) is 8.09. The minimum atomic E-state index is 0.287. The second-order valence-electron chi connectivity index (χ2n) is 5.45. The van der Waals surface area contributed by atoms with Gasteiger partial charge >= 0.3 is 0 Å². The maximum atomic E-state index is 9.43. The van der Waals surface area contributed by atoms with Crippen molar-refractivity contribution in [1.29, 1.82) is 0 Å². The van der Waals surface area contributed by atoms with Crippen molar-refractivity contribution >= 4 is 15.9 Å². The fourth-order valence-electron chi connectivity index (χ4n) is 2.57. The van der Waals surface area contributed by atoms with Crippen LogP contribution in [0.15, 0.2) is 22.7 Å². The maximum Gasteiger partial charge on any atom is 0.129 e. The van der Waals surface area contributed by atoms with Gasteiger partial charge in [0.25, 0.3) is 0 Å². The molecule has 0 aliphatic heterocycles.